The number of fused-ring (bicyclic) bond motifs is 1. The lowest BCUT2D eigenvalue weighted by Gasteiger charge is -2.25. The van der Waals surface area contributed by atoms with Crippen molar-refractivity contribution in [1.82, 2.24) is 24.8 Å². The lowest BCUT2D eigenvalue weighted by molar-refractivity contribution is 0.142. The van der Waals surface area contributed by atoms with Gasteiger partial charge in [0.1, 0.15) is 34.5 Å². The zero-order valence-electron chi connectivity index (χ0n) is 19.0. The summed E-state index contributed by atoms with van der Waals surface area (Å²) in [7, 11) is -3.44. The van der Waals surface area contributed by atoms with Gasteiger partial charge in [0.25, 0.3) is 0 Å². The van der Waals surface area contributed by atoms with Crippen molar-refractivity contribution in [2.75, 3.05) is 43.2 Å². The van der Waals surface area contributed by atoms with E-state index in [2.05, 4.69) is 48.5 Å². The number of ether oxygens (including phenoxy) is 1. The number of hydrogen-bond donors (Lipinski definition) is 2. The molecule has 5 heterocycles. The van der Waals surface area contributed by atoms with E-state index in [1.807, 2.05) is 12.3 Å². The van der Waals surface area contributed by atoms with Crippen molar-refractivity contribution in [3.05, 3.63) is 54.6 Å². The summed E-state index contributed by atoms with van der Waals surface area (Å²) >= 11 is 0. The molecule has 10 nitrogen and oxygen atoms in total. The summed E-state index contributed by atoms with van der Waals surface area (Å²) in [6, 6.07) is 9.06. The van der Waals surface area contributed by atoms with E-state index in [0.717, 1.165) is 32.6 Å². The molecule has 0 spiro atoms. The highest BCUT2D eigenvalue weighted by atomic mass is 32.2. The lowest BCUT2D eigenvalue weighted by Crippen LogP contribution is -2.26. The first-order valence-corrected chi connectivity index (χ1v) is 13.0. The van der Waals surface area contributed by atoms with Crippen LogP contribution in [0.4, 0.5) is 23.3 Å². The molecule has 5 rings (SSSR count). The average molecular weight is 482 g/mol. The Morgan fingerprint density at radius 1 is 1.00 bits per heavy atom. The van der Waals surface area contributed by atoms with Gasteiger partial charge in [-0.05, 0) is 30.7 Å². The molecule has 3 aromatic rings. The second kappa shape index (κ2) is 9.24. The number of anilines is 4. The zero-order valence-corrected chi connectivity index (χ0v) is 19.9. The number of aromatic nitrogens is 4. The van der Waals surface area contributed by atoms with Crippen LogP contribution in [0.15, 0.2) is 53.9 Å². The summed E-state index contributed by atoms with van der Waals surface area (Å²) < 4.78 is 29.6. The Hall–Kier alpha value is -3.15. The summed E-state index contributed by atoms with van der Waals surface area (Å²) in [4.78, 5) is 19.7. The molecule has 0 bridgehead atoms. The Labute approximate surface area is 198 Å². The van der Waals surface area contributed by atoms with Crippen LogP contribution < -0.4 is 10.6 Å². The molecule has 2 fully saturated rings. The van der Waals surface area contributed by atoms with E-state index in [9.17, 15) is 8.42 Å². The molecular weight excluding hydrogens is 454 g/mol. The van der Waals surface area contributed by atoms with E-state index in [1.54, 1.807) is 12.1 Å². The average Bonchev–Trinajstić information content (AvgIpc) is 3.42. The third-order valence-electron chi connectivity index (χ3n) is 6.42. The quantitative estimate of drug-likeness (QED) is 0.521. The Morgan fingerprint density at radius 3 is 2.41 bits per heavy atom. The first-order chi connectivity index (χ1) is 16.4. The second-order valence-corrected chi connectivity index (χ2v) is 10.8. The number of hydrogen-bond acceptors (Lipinski definition) is 10. The van der Waals surface area contributed by atoms with Crippen molar-refractivity contribution in [2.24, 2.45) is 11.8 Å². The summed E-state index contributed by atoms with van der Waals surface area (Å²) in [5.74, 6) is 3.10. The van der Waals surface area contributed by atoms with Crippen LogP contribution in [-0.4, -0.2) is 65.8 Å². The number of rotatable bonds is 7. The van der Waals surface area contributed by atoms with Crippen LogP contribution in [0.1, 0.15) is 18.5 Å². The van der Waals surface area contributed by atoms with E-state index in [4.69, 9.17) is 4.74 Å². The zero-order chi connectivity index (χ0) is 23.7. The van der Waals surface area contributed by atoms with Crippen LogP contribution in [0.5, 0.6) is 0 Å². The standard InChI is InChI=1S/C23H27N7O3S/c1-15(30-10-17-12-33-13-18(17)11-30)16-5-6-20(25-9-16)28-21-8-22(27-14-26-21)29-23-19(34(2,31)32)4-3-7-24-23/h3-9,14-15,17-18H,10-13H2,1-2H3,(H2,24,25,26,27,28,29)/t15?,17-,18+. The lowest BCUT2D eigenvalue weighted by atomic mass is 10.0. The highest BCUT2D eigenvalue weighted by Crippen LogP contribution is 2.34. The number of nitrogens with one attached hydrogen (secondary N) is 2. The summed E-state index contributed by atoms with van der Waals surface area (Å²) in [6.07, 6.45) is 5.94. The van der Waals surface area contributed by atoms with Gasteiger partial charge in [-0.3, -0.25) is 4.90 Å². The predicted octanol–water partition coefficient (Wildman–Crippen LogP) is 2.80. The monoisotopic (exact) mass is 481 g/mol. The minimum atomic E-state index is -3.44. The minimum Gasteiger partial charge on any atom is -0.381 e. The highest BCUT2D eigenvalue weighted by Gasteiger charge is 2.38. The molecule has 0 amide bonds. The van der Waals surface area contributed by atoms with Gasteiger partial charge in [-0.15, -0.1) is 0 Å². The van der Waals surface area contributed by atoms with Crippen molar-refractivity contribution >= 4 is 33.1 Å². The maximum Gasteiger partial charge on any atom is 0.179 e. The van der Waals surface area contributed by atoms with Crippen LogP contribution in [0, 0.1) is 11.8 Å². The third-order valence-corrected chi connectivity index (χ3v) is 7.55. The summed E-state index contributed by atoms with van der Waals surface area (Å²) in [6.45, 7) is 6.11. The van der Waals surface area contributed by atoms with Crippen LogP contribution in [0.25, 0.3) is 0 Å². The van der Waals surface area contributed by atoms with Gasteiger partial charge in [0.2, 0.25) is 0 Å². The van der Waals surface area contributed by atoms with Crippen molar-refractivity contribution < 1.29 is 13.2 Å². The molecule has 2 aliphatic heterocycles. The summed E-state index contributed by atoms with van der Waals surface area (Å²) in [5, 5.41) is 6.13. The fraction of sp³-hybridized carbons (Fsp3) is 0.391. The number of sulfone groups is 1. The molecule has 0 saturated carbocycles. The Morgan fingerprint density at radius 2 is 1.74 bits per heavy atom. The summed E-state index contributed by atoms with van der Waals surface area (Å²) in [5.41, 5.74) is 1.17. The van der Waals surface area contributed by atoms with Crippen molar-refractivity contribution in [3.63, 3.8) is 0 Å². The molecule has 178 valence electrons. The topological polar surface area (TPSA) is 122 Å². The maximum atomic E-state index is 12.0. The molecule has 0 radical (unpaired) electrons. The van der Waals surface area contributed by atoms with Gasteiger partial charge in [-0.1, -0.05) is 6.07 Å². The van der Waals surface area contributed by atoms with Crippen molar-refractivity contribution in [2.45, 2.75) is 17.9 Å². The fourth-order valence-electron chi connectivity index (χ4n) is 4.51. The SMILES string of the molecule is CC(c1ccc(Nc2cc(Nc3ncccc3S(C)(=O)=O)ncn2)nc1)N1C[C@H]2COC[C@H]2C1. The molecule has 11 heteroatoms. The molecule has 0 aromatic carbocycles. The highest BCUT2D eigenvalue weighted by molar-refractivity contribution is 7.90. The predicted molar refractivity (Wildman–Crippen MR) is 128 cm³/mol. The first kappa shape index (κ1) is 22.6. The van der Waals surface area contributed by atoms with Gasteiger partial charge in [0.15, 0.2) is 9.84 Å². The van der Waals surface area contributed by atoms with Gasteiger partial charge in [-0.25, -0.2) is 28.4 Å². The molecule has 3 atom stereocenters. The molecule has 2 N–H and O–H groups in total. The van der Waals surface area contributed by atoms with Gasteiger partial charge < -0.3 is 15.4 Å². The molecule has 1 unspecified atom stereocenters. The first-order valence-electron chi connectivity index (χ1n) is 11.2. The van der Waals surface area contributed by atoms with E-state index in [-0.39, 0.29) is 10.7 Å². The Balaban J connectivity index is 1.25. The van der Waals surface area contributed by atoms with Crippen molar-refractivity contribution in [1.29, 1.82) is 0 Å². The van der Waals surface area contributed by atoms with Gasteiger partial charge in [-0.2, -0.15) is 0 Å². The van der Waals surface area contributed by atoms with Crippen LogP contribution >= 0.6 is 0 Å². The molecule has 2 saturated heterocycles. The number of pyridine rings is 2. The second-order valence-electron chi connectivity index (χ2n) is 8.83. The minimum absolute atomic E-state index is 0.101. The van der Waals surface area contributed by atoms with E-state index in [0.29, 0.717) is 35.3 Å². The van der Waals surface area contributed by atoms with E-state index < -0.39 is 9.84 Å². The van der Waals surface area contributed by atoms with Crippen LogP contribution in [0.3, 0.4) is 0 Å². The third kappa shape index (κ3) is 4.86. The normalized spacial score (nSPS) is 21.2. The van der Waals surface area contributed by atoms with E-state index >= 15 is 0 Å². The molecule has 3 aromatic heterocycles. The fourth-order valence-corrected chi connectivity index (χ4v) is 5.29. The van der Waals surface area contributed by atoms with Gasteiger partial charge in [0.05, 0.1) is 13.2 Å². The largest absolute Gasteiger partial charge is 0.381 e. The van der Waals surface area contributed by atoms with Crippen molar-refractivity contribution in [3.8, 4) is 0 Å². The Kier molecular flexibility index (Phi) is 6.15. The van der Waals surface area contributed by atoms with Gasteiger partial charge >= 0.3 is 0 Å². The van der Waals surface area contributed by atoms with Gasteiger partial charge in [0, 0.05) is 55.7 Å². The van der Waals surface area contributed by atoms with E-state index in [1.165, 1.54) is 24.2 Å². The number of likely N-dealkylation sites (tertiary alicyclic amines) is 1. The number of nitrogens with zero attached hydrogens (tertiary/aromatic N) is 5. The Bertz CT molecular complexity index is 1260. The van der Waals surface area contributed by atoms with Crippen LogP contribution in [-0.2, 0) is 14.6 Å². The maximum absolute atomic E-state index is 12.0. The molecular formula is C23H27N7O3S. The molecule has 34 heavy (non-hydrogen) atoms. The molecule has 2 aliphatic rings. The van der Waals surface area contributed by atoms with Crippen LogP contribution in [0.2, 0.25) is 0 Å². The smallest absolute Gasteiger partial charge is 0.179 e. The molecule has 0 aliphatic carbocycles.